The maximum atomic E-state index is 9.64. The van der Waals surface area contributed by atoms with Crippen molar-refractivity contribution in [2.24, 2.45) is 7.05 Å². The maximum absolute atomic E-state index is 9.64. The molecular formula is C14H26N4O. The van der Waals surface area contributed by atoms with Gasteiger partial charge in [-0.3, -0.25) is 4.90 Å². The van der Waals surface area contributed by atoms with Crippen LogP contribution in [0.15, 0.2) is 12.4 Å². The van der Waals surface area contributed by atoms with E-state index >= 15 is 0 Å². The molecule has 0 saturated heterocycles. The van der Waals surface area contributed by atoms with E-state index in [2.05, 4.69) is 26.8 Å². The first-order valence-corrected chi connectivity index (χ1v) is 7.06. The SMILES string of the molecule is CNC1(CO)CCCC(N(C)Cc2nccn2C)C1. The molecule has 5 nitrogen and oxygen atoms in total. The first-order valence-electron chi connectivity index (χ1n) is 7.06. The zero-order valence-electron chi connectivity index (χ0n) is 12.3. The van der Waals surface area contributed by atoms with Crippen molar-refractivity contribution in [2.75, 3.05) is 20.7 Å². The molecule has 2 N–H and O–H groups in total. The van der Waals surface area contributed by atoms with Gasteiger partial charge < -0.3 is 15.0 Å². The van der Waals surface area contributed by atoms with Gasteiger partial charge in [-0.25, -0.2) is 4.98 Å². The lowest BCUT2D eigenvalue weighted by Gasteiger charge is -2.42. The number of aliphatic hydroxyl groups excluding tert-OH is 1. The van der Waals surface area contributed by atoms with E-state index in [9.17, 15) is 5.11 Å². The number of aromatic nitrogens is 2. The van der Waals surface area contributed by atoms with Crippen LogP contribution in [0.4, 0.5) is 0 Å². The van der Waals surface area contributed by atoms with Crippen LogP contribution in [0.25, 0.3) is 0 Å². The smallest absolute Gasteiger partial charge is 0.122 e. The molecule has 2 unspecified atom stereocenters. The molecule has 5 heteroatoms. The number of aryl methyl sites for hydroxylation is 1. The molecule has 1 aromatic rings. The van der Waals surface area contributed by atoms with Gasteiger partial charge in [-0.1, -0.05) is 0 Å². The second-order valence-electron chi connectivity index (χ2n) is 5.81. The number of aliphatic hydroxyl groups is 1. The summed E-state index contributed by atoms with van der Waals surface area (Å²) in [6, 6.07) is 0.505. The minimum atomic E-state index is -0.0984. The van der Waals surface area contributed by atoms with Gasteiger partial charge >= 0.3 is 0 Å². The molecule has 2 atom stereocenters. The fourth-order valence-corrected chi connectivity index (χ4v) is 3.06. The Balaban J connectivity index is 1.99. The highest BCUT2D eigenvalue weighted by molar-refractivity contribution is 4.97. The Hall–Kier alpha value is -0.910. The lowest BCUT2D eigenvalue weighted by atomic mass is 9.79. The van der Waals surface area contributed by atoms with Crippen LogP contribution >= 0.6 is 0 Å². The second-order valence-corrected chi connectivity index (χ2v) is 5.81. The highest BCUT2D eigenvalue weighted by Gasteiger charge is 2.36. The van der Waals surface area contributed by atoms with Gasteiger partial charge in [0.05, 0.1) is 13.2 Å². The largest absolute Gasteiger partial charge is 0.394 e. The van der Waals surface area contributed by atoms with Gasteiger partial charge in [-0.15, -0.1) is 0 Å². The molecule has 1 aliphatic rings. The third kappa shape index (κ3) is 3.16. The normalized spacial score (nSPS) is 27.9. The van der Waals surface area contributed by atoms with Crippen LogP contribution in [0.2, 0.25) is 0 Å². The molecule has 1 heterocycles. The number of likely N-dealkylation sites (N-methyl/N-ethyl adjacent to an activating group) is 1. The maximum Gasteiger partial charge on any atom is 0.122 e. The minimum absolute atomic E-state index is 0.0984. The standard InChI is InChI=1S/C14H26N4O/c1-15-14(11-19)6-4-5-12(9-14)18(3)10-13-16-7-8-17(13)2/h7-8,12,15,19H,4-6,9-11H2,1-3H3. The fourth-order valence-electron chi connectivity index (χ4n) is 3.06. The highest BCUT2D eigenvalue weighted by Crippen LogP contribution is 2.30. The zero-order valence-corrected chi connectivity index (χ0v) is 12.3. The van der Waals surface area contributed by atoms with Crippen molar-refractivity contribution in [3.8, 4) is 0 Å². The first kappa shape index (κ1) is 14.5. The third-order valence-corrected chi connectivity index (χ3v) is 4.59. The van der Waals surface area contributed by atoms with Crippen molar-refractivity contribution < 1.29 is 5.11 Å². The lowest BCUT2D eigenvalue weighted by molar-refractivity contribution is 0.0707. The molecule has 0 radical (unpaired) electrons. The first-order chi connectivity index (χ1) is 9.10. The molecule has 0 aliphatic heterocycles. The summed E-state index contributed by atoms with van der Waals surface area (Å²) in [5.74, 6) is 1.09. The van der Waals surface area contributed by atoms with Crippen LogP contribution in [-0.2, 0) is 13.6 Å². The van der Waals surface area contributed by atoms with Crippen LogP contribution in [0.3, 0.4) is 0 Å². The topological polar surface area (TPSA) is 53.3 Å². The molecule has 1 fully saturated rings. The van der Waals surface area contributed by atoms with E-state index in [1.165, 1.54) is 6.42 Å². The summed E-state index contributed by atoms with van der Waals surface area (Å²) in [5, 5.41) is 13.0. The van der Waals surface area contributed by atoms with Crippen LogP contribution in [0, 0.1) is 0 Å². The zero-order chi connectivity index (χ0) is 13.9. The molecule has 1 aromatic heterocycles. The Bertz CT molecular complexity index is 400. The van der Waals surface area contributed by atoms with Crippen molar-refractivity contribution in [1.82, 2.24) is 19.8 Å². The molecule has 0 aromatic carbocycles. The van der Waals surface area contributed by atoms with Gasteiger partial charge in [0.2, 0.25) is 0 Å². The van der Waals surface area contributed by atoms with Gasteiger partial charge in [0, 0.05) is 31.0 Å². The number of rotatable bonds is 5. The Kier molecular flexibility index (Phi) is 4.60. The van der Waals surface area contributed by atoms with Gasteiger partial charge in [0.15, 0.2) is 0 Å². The summed E-state index contributed by atoms with van der Waals surface area (Å²) >= 11 is 0. The van der Waals surface area contributed by atoms with Gasteiger partial charge in [0.1, 0.15) is 5.82 Å². The van der Waals surface area contributed by atoms with Gasteiger partial charge in [-0.2, -0.15) is 0 Å². The van der Waals surface area contributed by atoms with Crippen LogP contribution in [0.1, 0.15) is 31.5 Å². The van der Waals surface area contributed by atoms with E-state index in [-0.39, 0.29) is 12.1 Å². The predicted molar refractivity (Wildman–Crippen MR) is 75.8 cm³/mol. The molecule has 1 aliphatic carbocycles. The molecule has 1 saturated carbocycles. The molecule has 108 valence electrons. The number of nitrogens with zero attached hydrogens (tertiary/aromatic N) is 3. The second kappa shape index (κ2) is 6.03. The highest BCUT2D eigenvalue weighted by atomic mass is 16.3. The fraction of sp³-hybridized carbons (Fsp3) is 0.786. The van der Waals surface area contributed by atoms with Gasteiger partial charge in [-0.05, 0) is 39.8 Å². The van der Waals surface area contributed by atoms with Crippen molar-refractivity contribution in [3.05, 3.63) is 18.2 Å². The Labute approximate surface area is 115 Å². The van der Waals surface area contributed by atoms with E-state index in [1.54, 1.807) is 0 Å². The quantitative estimate of drug-likeness (QED) is 0.825. The van der Waals surface area contributed by atoms with E-state index < -0.39 is 0 Å². The molecule has 2 rings (SSSR count). The summed E-state index contributed by atoms with van der Waals surface area (Å²) in [6.45, 7) is 1.08. The summed E-state index contributed by atoms with van der Waals surface area (Å²) in [6.07, 6.45) is 8.25. The molecular weight excluding hydrogens is 240 g/mol. The Morgan fingerprint density at radius 3 is 3.00 bits per heavy atom. The van der Waals surface area contributed by atoms with Crippen LogP contribution in [-0.4, -0.2) is 51.8 Å². The Morgan fingerprint density at radius 2 is 2.42 bits per heavy atom. The van der Waals surface area contributed by atoms with E-state index in [0.717, 1.165) is 31.6 Å². The van der Waals surface area contributed by atoms with Crippen molar-refractivity contribution in [2.45, 2.75) is 43.8 Å². The number of hydrogen-bond donors (Lipinski definition) is 2. The van der Waals surface area contributed by atoms with Crippen molar-refractivity contribution >= 4 is 0 Å². The summed E-state index contributed by atoms with van der Waals surface area (Å²) in [4.78, 5) is 6.75. The average Bonchev–Trinajstić information content (AvgIpc) is 2.84. The van der Waals surface area contributed by atoms with Crippen molar-refractivity contribution in [3.63, 3.8) is 0 Å². The van der Waals surface area contributed by atoms with Crippen molar-refractivity contribution in [1.29, 1.82) is 0 Å². The lowest BCUT2D eigenvalue weighted by Crippen LogP contribution is -2.54. The number of imidazole rings is 1. The summed E-state index contributed by atoms with van der Waals surface area (Å²) in [5.41, 5.74) is -0.0984. The van der Waals surface area contributed by atoms with E-state index in [4.69, 9.17) is 0 Å². The summed E-state index contributed by atoms with van der Waals surface area (Å²) in [7, 11) is 6.14. The van der Waals surface area contributed by atoms with E-state index in [1.807, 2.05) is 26.5 Å². The molecule has 0 bridgehead atoms. The third-order valence-electron chi connectivity index (χ3n) is 4.59. The molecule has 19 heavy (non-hydrogen) atoms. The van der Waals surface area contributed by atoms with E-state index in [0.29, 0.717) is 6.04 Å². The Morgan fingerprint density at radius 1 is 1.63 bits per heavy atom. The average molecular weight is 266 g/mol. The summed E-state index contributed by atoms with van der Waals surface area (Å²) < 4.78 is 2.07. The van der Waals surface area contributed by atoms with Crippen LogP contribution < -0.4 is 5.32 Å². The van der Waals surface area contributed by atoms with Gasteiger partial charge in [0.25, 0.3) is 0 Å². The van der Waals surface area contributed by atoms with Crippen LogP contribution in [0.5, 0.6) is 0 Å². The molecule has 0 amide bonds. The molecule has 0 spiro atoms. The predicted octanol–water partition coefficient (Wildman–Crippen LogP) is 0.745. The number of hydrogen-bond acceptors (Lipinski definition) is 4. The minimum Gasteiger partial charge on any atom is -0.394 e. The number of nitrogens with one attached hydrogen (secondary N) is 1. The monoisotopic (exact) mass is 266 g/mol.